The average Bonchev–Trinajstić information content (AvgIpc) is 2.78. The van der Waals surface area contributed by atoms with Crippen molar-refractivity contribution >= 4 is 11.6 Å². The molecular weight excluding hydrogens is 224 g/mol. The summed E-state index contributed by atoms with van der Waals surface area (Å²) in [7, 11) is 1.44. The van der Waals surface area contributed by atoms with Crippen LogP contribution in [0.25, 0.3) is 5.82 Å². The van der Waals surface area contributed by atoms with E-state index in [-0.39, 0.29) is 17.1 Å². The van der Waals surface area contributed by atoms with Crippen LogP contribution in [0.4, 0.5) is 5.69 Å². The maximum atomic E-state index is 10.9. The number of ether oxygens (including phenoxy) is 1. The van der Waals surface area contributed by atoms with Gasteiger partial charge in [0, 0.05) is 6.20 Å². The third-order valence-electron chi connectivity index (χ3n) is 2.10. The molecule has 4 N–H and O–H groups in total. The van der Waals surface area contributed by atoms with E-state index in [0.29, 0.717) is 5.82 Å². The standard InChI is InChI=1S/C9H10N6O2/c1-17-9-6(10)8(12-4-13-9)15-3-5(2-14-15)7(11)16/h2-4H,10H2,1H3,(H2,11,16). The second-order valence-corrected chi connectivity index (χ2v) is 3.16. The molecule has 0 radical (unpaired) electrons. The number of nitrogen functional groups attached to an aromatic ring is 1. The Hall–Kier alpha value is -2.64. The fourth-order valence-electron chi connectivity index (χ4n) is 1.28. The first-order valence-electron chi connectivity index (χ1n) is 4.62. The Morgan fingerprint density at radius 1 is 1.47 bits per heavy atom. The highest BCUT2D eigenvalue weighted by atomic mass is 16.5. The van der Waals surface area contributed by atoms with Crippen LogP contribution in [0.1, 0.15) is 10.4 Å². The van der Waals surface area contributed by atoms with Gasteiger partial charge in [0.15, 0.2) is 5.82 Å². The molecule has 0 saturated heterocycles. The maximum absolute atomic E-state index is 10.9. The minimum Gasteiger partial charge on any atom is -0.479 e. The Labute approximate surface area is 96.2 Å². The van der Waals surface area contributed by atoms with Gasteiger partial charge in [-0.3, -0.25) is 4.79 Å². The molecular formula is C9H10N6O2. The number of anilines is 1. The van der Waals surface area contributed by atoms with Crippen LogP contribution >= 0.6 is 0 Å². The van der Waals surface area contributed by atoms with Crippen molar-refractivity contribution in [2.24, 2.45) is 5.73 Å². The fraction of sp³-hybridized carbons (Fsp3) is 0.111. The third kappa shape index (κ3) is 1.87. The van der Waals surface area contributed by atoms with Crippen molar-refractivity contribution in [3.8, 4) is 11.7 Å². The molecule has 2 aromatic heterocycles. The van der Waals surface area contributed by atoms with Gasteiger partial charge in [0.25, 0.3) is 5.91 Å². The van der Waals surface area contributed by atoms with E-state index in [1.807, 2.05) is 0 Å². The highest BCUT2D eigenvalue weighted by Gasteiger charge is 2.12. The Kier molecular flexibility index (Phi) is 2.61. The summed E-state index contributed by atoms with van der Waals surface area (Å²) in [4.78, 5) is 18.7. The van der Waals surface area contributed by atoms with Gasteiger partial charge in [-0.1, -0.05) is 0 Å². The van der Waals surface area contributed by atoms with Crippen LogP contribution < -0.4 is 16.2 Å². The first-order chi connectivity index (χ1) is 8.13. The number of nitrogens with zero attached hydrogens (tertiary/aromatic N) is 4. The van der Waals surface area contributed by atoms with E-state index in [4.69, 9.17) is 16.2 Å². The first kappa shape index (κ1) is 10.9. The number of rotatable bonds is 3. The normalized spacial score (nSPS) is 10.2. The summed E-state index contributed by atoms with van der Waals surface area (Å²) in [5, 5.41) is 3.93. The predicted molar refractivity (Wildman–Crippen MR) is 58.6 cm³/mol. The molecule has 1 amide bonds. The summed E-state index contributed by atoms with van der Waals surface area (Å²) >= 11 is 0. The van der Waals surface area contributed by atoms with Gasteiger partial charge in [-0.25, -0.2) is 9.67 Å². The molecule has 0 saturated carbocycles. The van der Waals surface area contributed by atoms with E-state index < -0.39 is 5.91 Å². The number of aromatic nitrogens is 4. The monoisotopic (exact) mass is 234 g/mol. The van der Waals surface area contributed by atoms with Crippen LogP contribution in [0, 0.1) is 0 Å². The van der Waals surface area contributed by atoms with Gasteiger partial charge in [0.05, 0.1) is 18.9 Å². The zero-order chi connectivity index (χ0) is 12.4. The summed E-state index contributed by atoms with van der Waals surface area (Å²) < 4.78 is 6.29. The Morgan fingerprint density at radius 2 is 2.24 bits per heavy atom. The Balaban J connectivity index is 2.49. The van der Waals surface area contributed by atoms with Crippen LogP contribution in [-0.2, 0) is 0 Å². The molecule has 0 aliphatic heterocycles. The van der Waals surface area contributed by atoms with Crippen LogP contribution in [0.2, 0.25) is 0 Å². The maximum Gasteiger partial charge on any atom is 0.251 e. The third-order valence-corrected chi connectivity index (χ3v) is 2.10. The predicted octanol–water partition coefficient (Wildman–Crippen LogP) is -0.648. The summed E-state index contributed by atoms with van der Waals surface area (Å²) in [5.41, 5.74) is 11.4. The molecule has 0 spiro atoms. The highest BCUT2D eigenvalue weighted by Crippen LogP contribution is 2.22. The molecule has 0 aliphatic carbocycles. The van der Waals surface area contributed by atoms with Crippen molar-refractivity contribution in [2.45, 2.75) is 0 Å². The number of hydrogen-bond acceptors (Lipinski definition) is 6. The number of methoxy groups -OCH3 is 1. The van der Waals surface area contributed by atoms with Crippen molar-refractivity contribution in [3.05, 3.63) is 24.3 Å². The largest absolute Gasteiger partial charge is 0.479 e. The number of amides is 1. The Morgan fingerprint density at radius 3 is 2.82 bits per heavy atom. The van der Waals surface area contributed by atoms with Crippen molar-refractivity contribution in [2.75, 3.05) is 12.8 Å². The highest BCUT2D eigenvalue weighted by molar-refractivity contribution is 5.92. The van der Waals surface area contributed by atoms with Crippen molar-refractivity contribution in [1.82, 2.24) is 19.7 Å². The van der Waals surface area contributed by atoms with E-state index in [1.165, 1.54) is 30.5 Å². The van der Waals surface area contributed by atoms with Gasteiger partial charge in [0.2, 0.25) is 5.88 Å². The number of nitrogens with two attached hydrogens (primary N) is 2. The SMILES string of the molecule is COc1ncnc(-n2cc(C(N)=O)cn2)c1N. The van der Waals surface area contributed by atoms with Gasteiger partial charge < -0.3 is 16.2 Å². The molecule has 17 heavy (non-hydrogen) atoms. The van der Waals surface area contributed by atoms with Gasteiger partial charge in [-0.2, -0.15) is 10.1 Å². The molecule has 0 aromatic carbocycles. The minimum atomic E-state index is -0.573. The van der Waals surface area contributed by atoms with Gasteiger partial charge >= 0.3 is 0 Å². The molecule has 2 rings (SSSR count). The van der Waals surface area contributed by atoms with Crippen molar-refractivity contribution < 1.29 is 9.53 Å². The van der Waals surface area contributed by atoms with Crippen molar-refractivity contribution in [3.63, 3.8) is 0 Å². The lowest BCUT2D eigenvalue weighted by molar-refractivity contribution is 0.100. The molecule has 8 nitrogen and oxygen atoms in total. The lowest BCUT2D eigenvalue weighted by Crippen LogP contribution is -2.10. The molecule has 0 atom stereocenters. The molecule has 88 valence electrons. The van der Waals surface area contributed by atoms with Crippen LogP contribution in [-0.4, -0.2) is 32.8 Å². The summed E-state index contributed by atoms with van der Waals surface area (Å²) in [6.07, 6.45) is 4.05. The molecule has 2 aromatic rings. The molecule has 0 unspecified atom stereocenters. The average molecular weight is 234 g/mol. The second kappa shape index (κ2) is 4.08. The van der Waals surface area contributed by atoms with Gasteiger partial charge in [0.1, 0.15) is 12.0 Å². The zero-order valence-electron chi connectivity index (χ0n) is 8.99. The fourth-order valence-corrected chi connectivity index (χ4v) is 1.28. The molecule has 8 heteroatoms. The lowest BCUT2D eigenvalue weighted by Gasteiger charge is -2.06. The van der Waals surface area contributed by atoms with E-state index in [2.05, 4.69) is 15.1 Å². The van der Waals surface area contributed by atoms with Gasteiger partial charge in [-0.05, 0) is 0 Å². The molecule has 2 heterocycles. The van der Waals surface area contributed by atoms with E-state index >= 15 is 0 Å². The van der Waals surface area contributed by atoms with E-state index in [0.717, 1.165) is 0 Å². The molecule has 0 bridgehead atoms. The van der Waals surface area contributed by atoms with Crippen LogP contribution in [0.5, 0.6) is 5.88 Å². The number of primary amides is 1. The lowest BCUT2D eigenvalue weighted by atomic mass is 10.3. The smallest absolute Gasteiger partial charge is 0.251 e. The summed E-state index contributed by atoms with van der Waals surface area (Å²) in [6.45, 7) is 0. The number of carbonyl (C=O) groups excluding carboxylic acids is 1. The topological polar surface area (TPSA) is 122 Å². The first-order valence-corrected chi connectivity index (χ1v) is 4.62. The second-order valence-electron chi connectivity index (χ2n) is 3.16. The summed E-state index contributed by atoms with van der Waals surface area (Å²) in [6, 6.07) is 0. The van der Waals surface area contributed by atoms with Crippen molar-refractivity contribution in [1.29, 1.82) is 0 Å². The van der Waals surface area contributed by atoms with Crippen LogP contribution in [0.15, 0.2) is 18.7 Å². The van der Waals surface area contributed by atoms with E-state index in [1.54, 1.807) is 0 Å². The van der Waals surface area contributed by atoms with Gasteiger partial charge in [-0.15, -0.1) is 0 Å². The number of hydrogen-bond donors (Lipinski definition) is 2. The number of carbonyl (C=O) groups is 1. The van der Waals surface area contributed by atoms with Crippen LogP contribution in [0.3, 0.4) is 0 Å². The quantitative estimate of drug-likeness (QED) is 0.727. The zero-order valence-corrected chi connectivity index (χ0v) is 8.99. The molecule has 0 aliphatic rings. The Bertz CT molecular complexity index is 564. The van der Waals surface area contributed by atoms with E-state index in [9.17, 15) is 4.79 Å². The minimum absolute atomic E-state index is 0.231. The molecule has 0 fully saturated rings. The summed E-state index contributed by atoms with van der Waals surface area (Å²) in [5.74, 6) is -0.00804.